The maximum absolute atomic E-state index is 13.5. The zero-order chi connectivity index (χ0) is 39.0. The first kappa shape index (κ1) is 46.8. The van der Waals surface area contributed by atoms with Gasteiger partial charge in [0, 0.05) is 32.7 Å². The lowest BCUT2D eigenvalue weighted by Gasteiger charge is -2.40. The van der Waals surface area contributed by atoms with E-state index < -0.39 is 67.9 Å². The van der Waals surface area contributed by atoms with Crippen molar-refractivity contribution >= 4 is 0 Å². The van der Waals surface area contributed by atoms with Crippen LogP contribution in [0.15, 0.2) is 4.79 Å². The average molecular weight is 773 g/mol. The Bertz CT molecular complexity index is 1120. The smallest absolute Gasteiger partial charge is 0.364 e. The number of aliphatic hydroxyl groups is 6. The van der Waals surface area contributed by atoms with Crippen LogP contribution in [0, 0.1) is 0 Å². The average Bonchev–Trinajstić information content (AvgIpc) is 3.55. The Labute approximate surface area is 323 Å². The highest BCUT2D eigenvalue weighted by molar-refractivity contribution is 4.89. The maximum atomic E-state index is 13.5. The molecule has 2 fully saturated rings. The molecule has 1 aromatic rings. The molecule has 7 N–H and O–H groups in total. The third-order valence-electron chi connectivity index (χ3n) is 11.2. The lowest BCUT2D eigenvalue weighted by molar-refractivity contribution is -0.304. The molecule has 5 unspecified atom stereocenters. The van der Waals surface area contributed by atoms with Crippen LogP contribution in [-0.4, -0.2) is 144 Å². The first-order valence-corrected chi connectivity index (χ1v) is 21.5. The van der Waals surface area contributed by atoms with Gasteiger partial charge in [-0.15, -0.1) is 0 Å². The Morgan fingerprint density at radius 3 is 1.85 bits per heavy atom. The molecule has 15 nitrogen and oxygen atoms in total. The van der Waals surface area contributed by atoms with Crippen molar-refractivity contribution < 1.29 is 40.1 Å². The van der Waals surface area contributed by atoms with E-state index in [-0.39, 0.29) is 0 Å². The van der Waals surface area contributed by atoms with Gasteiger partial charge in [0.1, 0.15) is 36.6 Å². The molecule has 0 amide bonds. The molecule has 0 bridgehead atoms. The molecule has 0 spiro atoms. The van der Waals surface area contributed by atoms with Crippen LogP contribution in [0.1, 0.15) is 148 Å². The number of hydrogen-bond donors (Lipinski definition) is 7. The van der Waals surface area contributed by atoms with Crippen LogP contribution in [0.4, 0.5) is 0 Å². The van der Waals surface area contributed by atoms with Crippen molar-refractivity contribution in [3.63, 3.8) is 0 Å². The monoisotopic (exact) mass is 773 g/mol. The molecule has 0 aliphatic carbocycles. The summed E-state index contributed by atoms with van der Waals surface area (Å²) in [6, 6.07) is -1.18. The minimum Gasteiger partial charge on any atom is -0.394 e. The minimum absolute atomic E-state index is 0.314. The molecule has 8 atom stereocenters. The SMILES string of the molecule is CCCCCCCCCCCCCC[C@@H](O)[C@@H](O)[C@H](COC1OC(CO)C(O)C(O)C1O)n1nnn(CCCCCCCCCCN2CCNCC2)c1=O. The van der Waals surface area contributed by atoms with Crippen molar-refractivity contribution in [2.24, 2.45) is 0 Å². The van der Waals surface area contributed by atoms with Gasteiger partial charge in [0.15, 0.2) is 6.29 Å². The molecule has 316 valence electrons. The zero-order valence-electron chi connectivity index (χ0n) is 33.3. The third-order valence-corrected chi connectivity index (χ3v) is 11.2. The lowest BCUT2D eigenvalue weighted by Crippen LogP contribution is -2.59. The number of aryl methyl sites for hydroxylation is 1. The molecule has 2 aliphatic rings. The molecular formula is C39H76N6O9. The summed E-state index contributed by atoms with van der Waals surface area (Å²) in [4.78, 5) is 16.0. The summed E-state index contributed by atoms with van der Waals surface area (Å²) >= 11 is 0. The number of tetrazole rings is 1. The molecule has 15 heteroatoms. The van der Waals surface area contributed by atoms with Gasteiger partial charge < -0.3 is 50.3 Å². The van der Waals surface area contributed by atoms with Crippen molar-refractivity contribution in [2.45, 2.75) is 197 Å². The second kappa shape index (κ2) is 28.0. The van der Waals surface area contributed by atoms with Crippen LogP contribution in [-0.2, 0) is 16.0 Å². The second-order valence-corrected chi connectivity index (χ2v) is 15.7. The van der Waals surface area contributed by atoms with Gasteiger partial charge in [0.05, 0.1) is 19.3 Å². The van der Waals surface area contributed by atoms with Crippen molar-refractivity contribution in [1.82, 2.24) is 30.0 Å². The van der Waals surface area contributed by atoms with Gasteiger partial charge in [-0.05, 0) is 36.2 Å². The van der Waals surface area contributed by atoms with Gasteiger partial charge in [-0.2, -0.15) is 9.36 Å². The molecule has 0 aromatic carbocycles. The number of piperazine rings is 1. The molecule has 3 heterocycles. The number of aliphatic hydroxyl groups excluding tert-OH is 6. The largest absolute Gasteiger partial charge is 0.394 e. The number of ether oxygens (including phenoxy) is 2. The first-order chi connectivity index (χ1) is 26.3. The quantitative estimate of drug-likeness (QED) is 0.0543. The second-order valence-electron chi connectivity index (χ2n) is 15.7. The number of aromatic nitrogens is 4. The van der Waals surface area contributed by atoms with Crippen molar-refractivity contribution in [3.8, 4) is 0 Å². The topological polar surface area (TPSA) is 208 Å². The highest BCUT2D eigenvalue weighted by atomic mass is 16.7. The number of rotatable bonds is 31. The highest BCUT2D eigenvalue weighted by Gasteiger charge is 2.45. The van der Waals surface area contributed by atoms with Crippen LogP contribution >= 0.6 is 0 Å². The van der Waals surface area contributed by atoms with Gasteiger partial charge in [-0.25, -0.2) is 4.79 Å². The highest BCUT2D eigenvalue weighted by Crippen LogP contribution is 2.25. The van der Waals surface area contributed by atoms with E-state index in [4.69, 9.17) is 9.47 Å². The summed E-state index contributed by atoms with van der Waals surface area (Å²) in [6.45, 7) is 7.21. The van der Waals surface area contributed by atoms with Gasteiger partial charge in [-0.3, -0.25) is 0 Å². The summed E-state index contributed by atoms with van der Waals surface area (Å²) in [6.07, 6.45) is 13.1. The van der Waals surface area contributed by atoms with Gasteiger partial charge >= 0.3 is 5.69 Å². The Balaban J connectivity index is 1.45. The molecule has 2 saturated heterocycles. The van der Waals surface area contributed by atoms with E-state index >= 15 is 0 Å². The lowest BCUT2D eigenvalue weighted by atomic mass is 9.98. The fourth-order valence-corrected chi connectivity index (χ4v) is 7.56. The van der Waals surface area contributed by atoms with E-state index in [0.29, 0.717) is 19.4 Å². The zero-order valence-corrected chi connectivity index (χ0v) is 33.3. The Morgan fingerprint density at radius 2 is 1.28 bits per heavy atom. The fraction of sp³-hybridized carbons (Fsp3) is 0.974. The molecule has 3 rings (SSSR count). The predicted octanol–water partition coefficient (Wildman–Crippen LogP) is 2.64. The first-order valence-electron chi connectivity index (χ1n) is 21.5. The van der Waals surface area contributed by atoms with Gasteiger partial charge in [-0.1, -0.05) is 122 Å². The van der Waals surface area contributed by atoms with Crippen LogP contribution in [0.2, 0.25) is 0 Å². The van der Waals surface area contributed by atoms with Crippen molar-refractivity contribution in [2.75, 3.05) is 45.9 Å². The third kappa shape index (κ3) is 16.9. The van der Waals surface area contributed by atoms with E-state index in [1.165, 1.54) is 88.3 Å². The van der Waals surface area contributed by atoms with Crippen LogP contribution in [0.5, 0.6) is 0 Å². The molecular weight excluding hydrogens is 696 g/mol. The van der Waals surface area contributed by atoms with E-state index in [2.05, 4.69) is 27.6 Å². The molecule has 2 aliphatic heterocycles. The molecule has 54 heavy (non-hydrogen) atoms. The van der Waals surface area contributed by atoms with Crippen molar-refractivity contribution in [3.05, 3.63) is 10.5 Å². The summed E-state index contributed by atoms with van der Waals surface area (Å²) < 4.78 is 13.5. The summed E-state index contributed by atoms with van der Waals surface area (Å²) in [5.41, 5.74) is -0.557. The number of nitrogens with zero attached hydrogens (tertiary/aromatic N) is 5. The number of hydrogen-bond acceptors (Lipinski definition) is 13. The van der Waals surface area contributed by atoms with Crippen LogP contribution < -0.4 is 11.0 Å². The fourth-order valence-electron chi connectivity index (χ4n) is 7.56. The van der Waals surface area contributed by atoms with E-state index in [1.807, 2.05) is 0 Å². The van der Waals surface area contributed by atoms with E-state index in [0.717, 1.165) is 75.8 Å². The standard InChI is InChI=1S/C39H76N6O9/c1-2-3-4-5-6-7-8-9-10-13-16-19-22-32(47)34(48)31(30-53-38-37(51)36(50)35(49)33(29-46)54-38)45-39(52)44(41-42-45)26-21-18-15-12-11-14-17-20-25-43-27-23-40-24-28-43/h31-38,40,46-51H,2-30H2,1H3/t31-,32+,33?,34-,35?,36?,37?,38?/m0/s1. The van der Waals surface area contributed by atoms with E-state index in [9.17, 15) is 35.4 Å². The minimum atomic E-state index is -1.66. The van der Waals surface area contributed by atoms with Crippen LogP contribution in [0.3, 0.4) is 0 Å². The molecule has 0 saturated carbocycles. The summed E-state index contributed by atoms with van der Waals surface area (Å²) in [5.74, 6) is 0. The summed E-state index contributed by atoms with van der Waals surface area (Å²) in [5, 5.41) is 74.3. The summed E-state index contributed by atoms with van der Waals surface area (Å²) in [7, 11) is 0. The Hall–Kier alpha value is -1.53. The predicted molar refractivity (Wildman–Crippen MR) is 207 cm³/mol. The van der Waals surface area contributed by atoms with Crippen LogP contribution in [0.25, 0.3) is 0 Å². The Morgan fingerprint density at radius 1 is 0.741 bits per heavy atom. The van der Waals surface area contributed by atoms with Gasteiger partial charge in [0.2, 0.25) is 0 Å². The molecule has 0 radical (unpaired) electrons. The van der Waals surface area contributed by atoms with Crippen molar-refractivity contribution in [1.29, 1.82) is 0 Å². The van der Waals surface area contributed by atoms with Gasteiger partial charge in [0.25, 0.3) is 0 Å². The normalized spacial score (nSPS) is 24.2. The molecule has 1 aromatic heterocycles. The number of nitrogens with one attached hydrogen (secondary N) is 1. The Kier molecular flexibility index (Phi) is 24.3. The van der Waals surface area contributed by atoms with E-state index in [1.54, 1.807) is 0 Å². The number of unbranched alkanes of at least 4 members (excludes halogenated alkanes) is 18. The maximum Gasteiger partial charge on any atom is 0.364 e.